The van der Waals surface area contributed by atoms with Crippen LogP contribution in [0.3, 0.4) is 0 Å². The number of thiazole rings is 1. The first-order valence-corrected chi connectivity index (χ1v) is 8.84. The lowest BCUT2D eigenvalue weighted by Crippen LogP contribution is -2.16. The second kappa shape index (κ2) is 7.20. The quantitative estimate of drug-likeness (QED) is 0.686. The van der Waals surface area contributed by atoms with Crippen LogP contribution in [0.1, 0.15) is 23.7 Å². The average Bonchev–Trinajstić information content (AvgIpc) is 2.92. The third-order valence-electron chi connectivity index (χ3n) is 3.63. The molecule has 1 amide bonds. The molecule has 0 spiro atoms. The number of nitrogens with zero attached hydrogens (tertiary/aromatic N) is 2. The summed E-state index contributed by atoms with van der Waals surface area (Å²) in [4.78, 5) is 17.5. The molecule has 0 bridgehead atoms. The number of aryl methyl sites for hydroxylation is 1. The van der Waals surface area contributed by atoms with Gasteiger partial charge in [0, 0.05) is 17.1 Å². The molecule has 0 saturated heterocycles. The Hall–Kier alpha value is -2.11. The summed E-state index contributed by atoms with van der Waals surface area (Å²) in [6.45, 7) is 2.91. The molecule has 3 rings (SSSR count). The maximum absolute atomic E-state index is 12.4. The summed E-state index contributed by atoms with van der Waals surface area (Å²) < 4.78 is 8.40. The topological polar surface area (TPSA) is 43.6 Å². The predicted molar refractivity (Wildman–Crippen MR) is 98.0 cm³/mol. The highest BCUT2D eigenvalue weighted by atomic mass is 35.5. The van der Waals surface area contributed by atoms with E-state index in [4.69, 9.17) is 16.3 Å². The van der Waals surface area contributed by atoms with Crippen LogP contribution in [0, 0.1) is 0 Å². The van der Waals surface area contributed by atoms with Crippen molar-refractivity contribution in [3.05, 3.63) is 57.9 Å². The van der Waals surface area contributed by atoms with Crippen LogP contribution in [0.15, 0.2) is 47.5 Å². The summed E-state index contributed by atoms with van der Waals surface area (Å²) in [5.74, 6) is 0.526. The number of ether oxygens (including phenoxy) is 1. The van der Waals surface area contributed by atoms with Crippen molar-refractivity contribution in [1.29, 1.82) is 0 Å². The lowest BCUT2D eigenvalue weighted by Gasteiger charge is -2.03. The fourth-order valence-corrected chi connectivity index (χ4v) is 3.66. The molecule has 0 fully saturated rings. The van der Waals surface area contributed by atoms with E-state index in [-0.39, 0.29) is 5.91 Å². The van der Waals surface area contributed by atoms with Gasteiger partial charge in [0.25, 0.3) is 5.91 Å². The zero-order chi connectivity index (χ0) is 17.1. The lowest BCUT2D eigenvalue weighted by atomic mass is 10.2. The van der Waals surface area contributed by atoms with Gasteiger partial charge in [-0.1, -0.05) is 29.9 Å². The molecule has 24 heavy (non-hydrogen) atoms. The number of amides is 1. The molecular weight excluding hydrogens is 344 g/mol. The number of rotatable bonds is 4. The van der Waals surface area contributed by atoms with Crippen LogP contribution in [0.2, 0.25) is 5.02 Å². The van der Waals surface area contributed by atoms with Crippen molar-refractivity contribution in [2.75, 3.05) is 7.11 Å². The molecule has 1 heterocycles. The van der Waals surface area contributed by atoms with E-state index < -0.39 is 0 Å². The fourth-order valence-electron chi connectivity index (χ4n) is 2.45. The molecule has 0 saturated carbocycles. The molecule has 0 aliphatic heterocycles. The summed E-state index contributed by atoms with van der Waals surface area (Å²) in [6, 6.07) is 12.7. The van der Waals surface area contributed by atoms with Gasteiger partial charge in [-0.3, -0.25) is 4.79 Å². The van der Waals surface area contributed by atoms with Gasteiger partial charge in [-0.2, -0.15) is 4.99 Å². The molecular formula is C18H17ClN2O2S. The highest BCUT2D eigenvalue weighted by Gasteiger charge is 2.10. The van der Waals surface area contributed by atoms with E-state index in [9.17, 15) is 4.79 Å². The monoisotopic (exact) mass is 360 g/mol. The molecule has 1 aromatic heterocycles. The van der Waals surface area contributed by atoms with Crippen molar-refractivity contribution in [3.63, 3.8) is 0 Å². The van der Waals surface area contributed by atoms with Crippen molar-refractivity contribution < 1.29 is 9.53 Å². The zero-order valence-electron chi connectivity index (χ0n) is 13.5. The Morgan fingerprint density at radius 2 is 2.00 bits per heavy atom. The zero-order valence-corrected chi connectivity index (χ0v) is 15.0. The van der Waals surface area contributed by atoms with Crippen molar-refractivity contribution in [2.45, 2.75) is 19.9 Å². The molecule has 124 valence electrons. The number of halogens is 1. The lowest BCUT2D eigenvalue weighted by molar-refractivity contribution is 0.0998. The van der Waals surface area contributed by atoms with Gasteiger partial charge in [-0.25, -0.2) is 0 Å². The first kappa shape index (κ1) is 16.7. The molecule has 0 unspecified atom stereocenters. The predicted octanol–water partition coefficient (Wildman–Crippen LogP) is 4.52. The van der Waals surface area contributed by atoms with E-state index in [0.717, 1.165) is 28.9 Å². The van der Waals surface area contributed by atoms with Crippen LogP contribution in [-0.2, 0) is 6.54 Å². The van der Waals surface area contributed by atoms with Gasteiger partial charge in [0.2, 0.25) is 0 Å². The second-order valence-electron chi connectivity index (χ2n) is 5.29. The maximum Gasteiger partial charge on any atom is 0.279 e. The van der Waals surface area contributed by atoms with Crippen LogP contribution < -0.4 is 9.54 Å². The maximum atomic E-state index is 12.4. The largest absolute Gasteiger partial charge is 0.497 e. The molecule has 4 nitrogen and oxygen atoms in total. The molecule has 6 heteroatoms. The third-order valence-corrected chi connectivity index (χ3v) is 4.92. The molecule has 0 N–H and O–H groups in total. The number of hydrogen-bond acceptors (Lipinski definition) is 3. The Morgan fingerprint density at radius 3 is 2.67 bits per heavy atom. The van der Waals surface area contributed by atoms with Crippen LogP contribution in [0.25, 0.3) is 10.2 Å². The van der Waals surface area contributed by atoms with Crippen molar-refractivity contribution in [2.24, 2.45) is 4.99 Å². The second-order valence-corrected chi connectivity index (χ2v) is 6.74. The van der Waals surface area contributed by atoms with Gasteiger partial charge in [0.05, 0.1) is 17.3 Å². The van der Waals surface area contributed by atoms with Crippen LogP contribution in [0.5, 0.6) is 5.75 Å². The Bertz CT molecular complexity index is 942. The normalized spacial score (nSPS) is 11.9. The van der Waals surface area contributed by atoms with Crippen LogP contribution in [0.4, 0.5) is 0 Å². The fraction of sp³-hybridized carbons (Fsp3) is 0.222. The van der Waals surface area contributed by atoms with E-state index in [0.29, 0.717) is 15.4 Å². The van der Waals surface area contributed by atoms with Gasteiger partial charge in [0.1, 0.15) is 5.75 Å². The van der Waals surface area contributed by atoms with Gasteiger partial charge in [-0.05, 0) is 48.9 Å². The van der Waals surface area contributed by atoms with Crippen molar-refractivity contribution in [3.8, 4) is 5.75 Å². The smallest absolute Gasteiger partial charge is 0.279 e. The summed E-state index contributed by atoms with van der Waals surface area (Å²) in [5, 5.41) is 0.599. The van der Waals surface area contributed by atoms with Crippen molar-refractivity contribution >= 4 is 39.1 Å². The average molecular weight is 361 g/mol. The SMILES string of the molecule is CCCn1c(=NC(=O)c2ccc(Cl)cc2)sc2cc(OC)ccc21. The molecule has 0 aliphatic rings. The minimum atomic E-state index is -0.268. The molecule has 3 aromatic rings. The number of benzene rings is 2. The number of carbonyl (C=O) groups excluding carboxylic acids is 1. The van der Waals surface area contributed by atoms with E-state index in [2.05, 4.69) is 16.5 Å². The summed E-state index contributed by atoms with van der Waals surface area (Å²) in [7, 11) is 1.64. The number of carbonyl (C=O) groups is 1. The highest BCUT2D eigenvalue weighted by Crippen LogP contribution is 2.23. The van der Waals surface area contributed by atoms with E-state index >= 15 is 0 Å². The van der Waals surface area contributed by atoms with Crippen LogP contribution in [-0.4, -0.2) is 17.6 Å². The van der Waals surface area contributed by atoms with Gasteiger partial charge in [-0.15, -0.1) is 0 Å². The van der Waals surface area contributed by atoms with Crippen LogP contribution >= 0.6 is 22.9 Å². The first-order valence-electron chi connectivity index (χ1n) is 7.64. The molecule has 0 atom stereocenters. The number of methoxy groups -OCH3 is 1. The Morgan fingerprint density at radius 1 is 1.25 bits per heavy atom. The van der Waals surface area contributed by atoms with Gasteiger partial charge >= 0.3 is 0 Å². The van der Waals surface area contributed by atoms with E-state index in [1.54, 1.807) is 31.4 Å². The number of fused-ring (bicyclic) bond motifs is 1. The molecule has 0 radical (unpaired) electrons. The minimum Gasteiger partial charge on any atom is -0.497 e. The van der Waals surface area contributed by atoms with Gasteiger partial charge < -0.3 is 9.30 Å². The third kappa shape index (κ3) is 3.37. The minimum absolute atomic E-state index is 0.268. The first-order chi connectivity index (χ1) is 11.6. The Balaban J connectivity index is 2.11. The Labute approximate surface area is 149 Å². The van der Waals surface area contributed by atoms with Crippen molar-refractivity contribution in [1.82, 2.24) is 4.57 Å². The summed E-state index contributed by atoms with van der Waals surface area (Å²) >= 11 is 7.36. The van der Waals surface area contributed by atoms with E-state index in [1.165, 1.54) is 11.3 Å². The Kier molecular flexibility index (Phi) is 5.02. The standard InChI is InChI=1S/C18H17ClN2O2S/c1-3-10-21-15-9-8-14(23-2)11-16(15)24-18(21)20-17(22)12-4-6-13(19)7-5-12/h4-9,11H,3,10H2,1-2H3. The number of aromatic nitrogens is 1. The van der Waals surface area contributed by atoms with Gasteiger partial charge in [0.15, 0.2) is 4.80 Å². The molecule has 0 aliphatic carbocycles. The number of hydrogen-bond donors (Lipinski definition) is 0. The summed E-state index contributed by atoms with van der Waals surface area (Å²) in [6.07, 6.45) is 0.959. The van der Waals surface area contributed by atoms with E-state index in [1.807, 2.05) is 18.2 Å². The molecule has 2 aromatic carbocycles. The summed E-state index contributed by atoms with van der Waals surface area (Å²) in [5.41, 5.74) is 1.59. The highest BCUT2D eigenvalue weighted by molar-refractivity contribution is 7.16.